The van der Waals surface area contributed by atoms with Crippen LogP contribution in [0, 0.1) is 0 Å². The molecule has 27 heavy (non-hydrogen) atoms. The lowest BCUT2D eigenvalue weighted by molar-refractivity contribution is 0.317. The van der Waals surface area contributed by atoms with E-state index in [1.165, 1.54) is 0 Å². The summed E-state index contributed by atoms with van der Waals surface area (Å²) in [7, 11) is -3.06. The number of benzene rings is 1. The van der Waals surface area contributed by atoms with Crippen LogP contribution in [0.2, 0.25) is 0 Å². The number of ether oxygens (including phenoxy) is 1. The Kier molecular flexibility index (Phi) is 9.33. The van der Waals surface area contributed by atoms with Gasteiger partial charge in [-0.25, -0.2) is 13.4 Å². The molecule has 0 spiro atoms. The lowest BCUT2D eigenvalue weighted by Crippen LogP contribution is -2.57. The Morgan fingerprint density at radius 2 is 2.07 bits per heavy atom. The third-order valence-corrected chi connectivity index (χ3v) is 6.99. The van der Waals surface area contributed by atoms with Gasteiger partial charge in [0.05, 0.1) is 23.7 Å². The first-order valence-corrected chi connectivity index (χ1v) is 10.9. The molecule has 0 saturated carbocycles. The van der Waals surface area contributed by atoms with Crippen LogP contribution in [0.4, 0.5) is 0 Å². The van der Waals surface area contributed by atoms with Crippen LogP contribution in [0.1, 0.15) is 39.7 Å². The van der Waals surface area contributed by atoms with E-state index >= 15 is 0 Å². The molecule has 0 aliphatic carbocycles. The van der Waals surface area contributed by atoms with Gasteiger partial charge in [0, 0.05) is 19.6 Å². The van der Waals surface area contributed by atoms with Crippen LogP contribution < -0.4 is 10.1 Å². The van der Waals surface area contributed by atoms with Crippen molar-refractivity contribution in [2.45, 2.75) is 45.4 Å². The number of rotatable bonds is 6. The van der Waals surface area contributed by atoms with Crippen molar-refractivity contribution in [2.24, 2.45) is 4.99 Å². The quantitative estimate of drug-likeness (QED) is 0.363. The minimum Gasteiger partial charge on any atom is -0.494 e. The van der Waals surface area contributed by atoms with Crippen molar-refractivity contribution in [1.29, 1.82) is 0 Å². The molecule has 0 atom stereocenters. The van der Waals surface area contributed by atoms with Crippen molar-refractivity contribution >= 4 is 39.8 Å². The molecule has 6 nitrogen and oxygen atoms in total. The molecule has 1 aliphatic heterocycles. The number of sulfone groups is 1. The first kappa shape index (κ1) is 24.0. The number of guanidine groups is 1. The monoisotopic (exact) mass is 509 g/mol. The molecule has 154 valence electrons. The second-order valence-corrected chi connectivity index (χ2v) is 9.91. The van der Waals surface area contributed by atoms with Crippen LogP contribution in [-0.2, 0) is 16.4 Å². The molecule has 1 fully saturated rings. The molecule has 8 heteroatoms. The fraction of sp³-hybridized carbons (Fsp3) is 0.632. The highest BCUT2D eigenvalue weighted by Gasteiger charge is 2.40. The third-order valence-electron chi connectivity index (χ3n) is 4.46. The Bertz CT molecular complexity index is 735. The summed E-state index contributed by atoms with van der Waals surface area (Å²) in [5.41, 5.74) is 1.07. The van der Waals surface area contributed by atoms with E-state index in [-0.39, 0.29) is 29.7 Å². The summed E-state index contributed by atoms with van der Waals surface area (Å²) >= 11 is 0. The highest BCUT2D eigenvalue weighted by Crippen LogP contribution is 2.24. The molecule has 0 aromatic heterocycles. The van der Waals surface area contributed by atoms with Gasteiger partial charge in [0.2, 0.25) is 0 Å². The zero-order valence-electron chi connectivity index (χ0n) is 16.7. The summed E-state index contributed by atoms with van der Waals surface area (Å²) in [6.45, 7) is 10.5. The first-order valence-electron chi connectivity index (χ1n) is 9.26. The second-order valence-electron chi connectivity index (χ2n) is 7.17. The van der Waals surface area contributed by atoms with Gasteiger partial charge in [-0.15, -0.1) is 24.0 Å². The molecule has 1 N–H and O–H groups in total. The topological polar surface area (TPSA) is 71.0 Å². The molecular formula is C19H32IN3O3S. The van der Waals surface area contributed by atoms with E-state index in [4.69, 9.17) is 9.73 Å². The van der Waals surface area contributed by atoms with E-state index in [1.54, 1.807) is 13.8 Å². The van der Waals surface area contributed by atoms with E-state index < -0.39 is 14.6 Å². The lowest BCUT2D eigenvalue weighted by atomic mass is 10.2. The normalized spacial score (nSPS) is 18.5. The van der Waals surface area contributed by atoms with Crippen LogP contribution in [0.15, 0.2) is 29.3 Å². The van der Waals surface area contributed by atoms with E-state index in [0.717, 1.165) is 30.2 Å². The Labute approximate surface area is 180 Å². The highest BCUT2D eigenvalue weighted by molar-refractivity contribution is 14.0. The molecule has 1 saturated heterocycles. The summed E-state index contributed by atoms with van der Waals surface area (Å²) in [6.07, 6.45) is 0.973. The summed E-state index contributed by atoms with van der Waals surface area (Å²) in [6, 6.07) is 7.95. The minimum absolute atomic E-state index is 0. The number of nitrogens with zero attached hydrogens (tertiary/aromatic N) is 2. The lowest BCUT2D eigenvalue weighted by Gasteiger charge is -2.39. The van der Waals surface area contributed by atoms with Gasteiger partial charge in [-0.05, 0) is 44.9 Å². The van der Waals surface area contributed by atoms with Crippen molar-refractivity contribution in [3.8, 4) is 5.75 Å². The maximum Gasteiger partial charge on any atom is 0.194 e. The summed E-state index contributed by atoms with van der Waals surface area (Å²) in [5, 5.41) is 3.29. The molecule has 1 aromatic rings. The maximum atomic E-state index is 12.2. The first-order chi connectivity index (χ1) is 12.3. The van der Waals surface area contributed by atoms with Crippen LogP contribution in [-0.4, -0.2) is 56.0 Å². The van der Waals surface area contributed by atoms with Crippen molar-refractivity contribution in [3.63, 3.8) is 0 Å². The van der Waals surface area contributed by atoms with Crippen LogP contribution in [0.25, 0.3) is 0 Å². The molecule has 2 rings (SSSR count). The Hall–Kier alpha value is -1.03. The maximum absolute atomic E-state index is 12.2. The van der Waals surface area contributed by atoms with E-state index in [2.05, 4.69) is 12.2 Å². The van der Waals surface area contributed by atoms with E-state index in [1.807, 2.05) is 36.1 Å². The number of hydrogen-bond donors (Lipinski definition) is 1. The van der Waals surface area contributed by atoms with Crippen molar-refractivity contribution in [3.05, 3.63) is 29.8 Å². The van der Waals surface area contributed by atoms with Gasteiger partial charge in [0.25, 0.3) is 0 Å². The molecule has 1 aliphatic rings. The summed E-state index contributed by atoms with van der Waals surface area (Å²) in [5.74, 6) is 1.77. The van der Waals surface area contributed by atoms with Gasteiger partial charge in [0.15, 0.2) is 15.8 Å². The predicted octanol–water partition coefficient (Wildman–Crippen LogP) is 3.07. The number of aliphatic imine (C=N–C) groups is 1. The summed E-state index contributed by atoms with van der Waals surface area (Å²) in [4.78, 5) is 6.77. The molecule has 0 unspecified atom stereocenters. The third kappa shape index (κ3) is 6.51. The van der Waals surface area contributed by atoms with Crippen LogP contribution >= 0.6 is 24.0 Å². The molecule has 0 radical (unpaired) electrons. The van der Waals surface area contributed by atoms with Gasteiger partial charge in [-0.1, -0.05) is 19.1 Å². The zero-order chi connectivity index (χ0) is 19.2. The van der Waals surface area contributed by atoms with Gasteiger partial charge in [-0.2, -0.15) is 0 Å². The summed E-state index contributed by atoms with van der Waals surface area (Å²) < 4.78 is 29.4. The molecule has 0 bridgehead atoms. The van der Waals surface area contributed by atoms with Gasteiger partial charge in [0.1, 0.15) is 5.75 Å². The molecule has 0 amide bonds. The molecular weight excluding hydrogens is 477 g/mol. The fourth-order valence-corrected chi connectivity index (χ4v) is 4.24. The standard InChI is InChI=1S/C19H31N3O3S.HI/c1-5-11-25-17-9-7-8-16(13-17)14-21-18(20-6-2)22-10-12-26(23,24)19(3,4)15-22;/h7-9,13H,5-6,10-12,14-15H2,1-4H3,(H,20,21);1H. The zero-order valence-corrected chi connectivity index (χ0v) is 19.8. The Morgan fingerprint density at radius 1 is 1.33 bits per heavy atom. The Balaban J connectivity index is 0.00000364. The van der Waals surface area contributed by atoms with E-state index in [9.17, 15) is 8.42 Å². The SMILES string of the molecule is CCCOc1cccc(CN=C(NCC)N2CCS(=O)(=O)C(C)(C)C2)c1.I. The Morgan fingerprint density at radius 3 is 2.70 bits per heavy atom. The fourth-order valence-electron chi connectivity index (χ4n) is 2.87. The van der Waals surface area contributed by atoms with Crippen molar-refractivity contribution < 1.29 is 13.2 Å². The van der Waals surface area contributed by atoms with Crippen molar-refractivity contribution in [2.75, 3.05) is 32.0 Å². The number of halogens is 1. The average Bonchev–Trinajstić information content (AvgIpc) is 2.59. The second kappa shape index (κ2) is 10.5. The predicted molar refractivity (Wildman–Crippen MR) is 122 cm³/mol. The van der Waals surface area contributed by atoms with E-state index in [0.29, 0.717) is 26.2 Å². The van der Waals surface area contributed by atoms with Crippen molar-refractivity contribution in [1.82, 2.24) is 10.2 Å². The number of nitrogens with one attached hydrogen (secondary N) is 1. The minimum atomic E-state index is -3.06. The van der Waals surface area contributed by atoms with Gasteiger partial charge < -0.3 is 15.0 Å². The van der Waals surface area contributed by atoms with Crippen LogP contribution in [0.5, 0.6) is 5.75 Å². The number of hydrogen-bond acceptors (Lipinski definition) is 4. The van der Waals surface area contributed by atoms with Gasteiger partial charge in [-0.3, -0.25) is 0 Å². The van der Waals surface area contributed by atoms with Gasteiger partial charge >= 0.3 is 0 Å². The molecule has 1 aromatic carbocycles. The highest BCUT2D eigenvalue weighted by atomic mass is 127. The van der Waals surface area contributed by atoms with Crippen LogP contribution in [0.3, 0.4) is 0 Å². The smallest absolute Gasteiger partial charge is 0.194 e. The molecule has 1 heterocycles. The average molecular weight is 509 g/mol. The largest absolute Gasteiger partial charge is 0.494 e.